The average molecular weight is 361 g/mol. The summed E-state index contributed by atoms with van der Waals surface area (Å²) >= 11 is 0. The molecule has 0 amide bonds. The fourth-order valence-electron chi connectivity index (χ4n) is 2.35. The highest BCUT2D eigenvalue weighted by atomic mass is 19.4. The normalized spacial score (nSPS) is 11.2. The standard InChI is InChI=1S/C18H14F3N3O2/c1-11-3-2-4-12(9-11)15-10-16(25)24-17(23-15)22-13-5-7-14(8-6-13)26-18(19,20)21/h2-10H,1H3,(H2,22,23,24,25). The zero-order valence-electron chi connectivity index (χ0n) is 13.6. The highest BCUT2D eigenvalue weighted by molar-refractivity contribution is 5.62. The predicted molar refractivity (Wildman–Crippen MR) is 91.4 cm³/mol. The number of rotatable bonds is 4. The number of halogens is 3. The predicted octanol–water partition coefficient (Wildman–Crippen LogP) is 4.39. The van der Waals surface area contributed by atoms with Gasteiger partial charge in [-0.2, -0.15) is 0 Å². The maximum absolute atomic E-state index is 12.2. The van der Waals surface area contributed by atoms with E-state index in [1.54, 1.807) is 0 Å². The second kappa shape index (κ2) is 6.91. The van der Waals surface area contributed by atoms with E-state index in [1.165, 1.54) is 30.3 Å². The first-order valence-corrected chi connectivity index (χ1v) is 7.60. The summed E-state index contributed by atoms with van der Waals surface area (Å²) < 4.78 is 40.4. The van der Waals surface area contributed by atoms with Crippen LogP contribution in [0.15, 0.2) is 59.4 Å². The molecule has 0 spiro atoms. The Labute approximate surface area is 146 Å². The number of nitrogens with zero attached hydrogens (tertiary/aromatic N) is 1. The molecule has 5 nitrogen and oxygen atoms in total. The van der Waals surface area contributed by atoms with Crippen LogP contribution in [-0.2, 0) is 0 Å². The average Bonchev–Trinajstić information content (AvgIpc) is 2.55. The summed E-state index contributed by atoms with van der Waals surface area (Å²) in [4.78, 5) is 18.8. The summed E-state index contributed by atoms with van der Waals surface area (Å²) in [7, 11) is 0. The van der Waals surface area contributed by atoms with Crippen molar-refractivity contribution in [1.29, 1.82) is 0 Å². The van der Waals surface area contributed by atoms with E-state index in [-0.39, 0.29) is 17.3 Å². The molecule has 0 aliphatic heterocycles. The second-order valence-corrected chi connectivity index (χ2v) is 5.55. The molecule has 3 rings (SSSR count). The number of hydrogen-bond acceptors (Lipinski definition) is 4. The Morgan fingerprint density at radius 3 is 2.46 bits per heavy atom. The number of benzene rings is 2. The van der Waals surface area contributed by atoms with Gasteiger partial charge in [0, 0.05) is 17.3 Å². The van der Waals surface area contributed by atoms with Gasteiger partial charge < -0.3 is 10.1 Å². The minimum Gasteiger partial charge on any atom is -0.406 e. The first-order valence-electron chi connectivity index (χ1n) is 7.60. The van der Waals surface area contributed by atoms with Crippen molar-refractivity contribution in [3.05, 3.63) is 70.5 Å². The molecular formula is C18H14F3N3O2. The quantitative estimate of drug-likeness (QED) is 0.723. The molecule has 3 aromatic rings. The number of aryl methyl sites for hydroxylation is 1. The zero-order chi connectivity index (χ0) is 18.7. The molecule has 0 fully saturated rings. The van der Waals surface area contributed by atoms with Crippen LogP contribution in [0.2, 0.25) is 0 Å². The molecule has 0 saturated heterocycles. The number of nitrogens with one attached hydrogen (secondary N) is 2. The topological polar surface area (TPSA) is 67.0 Å². The van der Waals surface area contributed by atoms with Gasteiger partial charge in [0.2, 0.25) is 5.95 Å². The molecule has 0 bridgehead atoms. The summed E-state index contributed by atoms with van der Waals surface area (Å²) in [5, 5.41) is 2.86. The number of ether oxygens (including phenoxy) is 1. The maximum atomic E-state index is 12.2. The van der Waals surface area contributed by atoms with Crippen LogP contribution < -0.4 is 15.6 Å². The van der Waals surface area contributed by atoms with Crippen LogP contribution in [0.3, 0.4) is 0 Å². The van der Waals surface area contributed by atoms with Crippen LogP contribution in [0, 0.1) is 6.92 Å². The highest BCUT2D eigenvalue weighted by Crippen LogP contribution is 2.25. The van der Waals surface area contributed by atoms with E-state index >= 15 is 0 Å². The lowest BCUT2D eigenvalue weighted by atomic mass is 10.1. The Morgan fingerprint density at radius 1 is 1.08 bits per heavy atom. The minimum atomic E-state index is -4.75. The lowest BCUT2D eigenvalue weighted by molar-refractivity contribution is -0.274. The van der Waals surface area contributed by atoms with Gasteiger partial charge in [-0.25, -0.2) is 4.98 Å². The van der Waals surface area contributed by atoms with E-state index in [4.69, 9.17) is 0 Å². The van der Waals surface area contributed by atoms with Gasteiger partial charge in [-0.1, -0.05) is 23.8 Å². The summed E-state index contributed by atoms with van der Waals surface area (Å²) in [5.74, 6) is -0.156. The molecule has 0 radical (unpaired) electrons. The van der Waals surface area contributed by atoms with E-state index in [2.05, 4.69) is 20.0 Å². The van der Waals surface area contributed by atoms with E-state index < -0.39 is 6.36 Å². The second-order valence-electron chi connectivity index (χ2n) is 5.55. The Kier molecular flexibility index (Phi) is 4.66. The molecule has 134 valence electrons. The lowest BCUT2D eigenvalue weighted by Gasteiger charge is -2.10. The molecule has 0 atom stereocenters. The summed E-state index contributed by atoms with van der Waals surface area (Å²) in [6.07, 6.45) is -4.75. The van der Waals surface area contributed by atoms with Crippen molar-refractivity contribution in [2.45, 2.75) is 13.3 Å². The van der Waals surface area contributed by atoms with E-state index in [0.29, 0.717) is 11.4 Å². The number of H-pyrrole nitrogens is 1. The summed E-state index contributed by atoms with van der Waals surface area (Å²) in [6.45, 7) is 1.93. The zero-order valence-corrected chi connectivity index (χ0v) is 13.6. The molecule has 0 unspecified atom stereocenters. The summed E-state index contributed by atoms with van der Waals surface area (Å²) in [5.41, 5.74) is 2.39. The molecule has 26 heavy (non-hydrogen) atoms. The van der Waals surface area contributed by atoms with Gasteiger partial charge in [-0.05, 0) is 37.3 Å². The van der Waals surface area contributed by atoms with Crippen molar-refractivity contribution >= 4 is 11.6 Å². The molecule has 0 aliphatic rings. The molecule has 2 N–H and O–H groups in total. The molecule has 0 aliphatic carbocycles. The van der Waals surface area contributed by atoms with Gasteiger partial charge in [0.05, 0.1) is 5.69 Å². The van der Waals surface area contributed by atoms with Crippen LogP contribution in [0.1, 0.15) is 5.56 Å². The van der Waals surface area contributed by atoms with Crippen LogP contribution >= 0.6 is 0 Å². The number of aromatic amines is 1. The van der Waals surface area contributed by atoms with Gasteiger partial charge >= 0.3 is 6.36 Å². The Bertz CT molecular complexity index is 966. The summed E-state index contributed by atoms with van der Waals surface area (Å²) in [6, 6.07) is 14.0. The van der Waals surface area contributed by atoms with Crippen molar-refractivity contribution in [1.82, 2.24) is 9.97 Å². The molecule has 8 heteroatoms. The van der Waals surface area contributed by atoms with Gasteiger partial charge in [-0.15, -0.1) is 13.2 Å². The van der Waals surface area contributed by atoms with Crippen LogP contribution in [-0.4, -0.2) is 16.3 Å². The van der Waals surface area contributed by atoms with Crippen molar-refractivity contribution in [3.63, 3.8) is 0 Å². The third kappa shape index (κ3) is 4.62. The fraction of sp³-hybridized carbons (Fsp3) is 0.111. The lowest BCUT2D eigenvalue weighted by Crippen LogP contribution is -2.17. The molecule has 0 saturated carbocycles. The Balaban J connectivity index is 1.83. The van der Waals surface area contributed by atoms with E-state index in [1.807, 2.05) is 31.2 Å². The smallest absolute Gasteiger partial charge is 0.406 e. The fourth-order valence-corrected chi connectivity index (χ4v) is 2.35. The van der Waals surface area contributed by atoms with Crippen LogP contribution in [0.4, 0.5) is 24.8 Å². The van der Waals surface area contributed by atoms with Crippen molar-refractivity contribution < 1.29 is 17.9 Å². The monoisotopic (exact) mass is 361 g/mol. The molecule has 1 heterocycles. The van der Waals surface area contributed by atoms with Crippen LogP contribution in [0.5, 0.6) is 5.75 Å². The highest BCUT2D eigenvalue weighted by Gasteiger charge is 2.30. The number of hydrogen-bond donors (Lipinski definition) is 2. The van der Waals surface area contributed by atoms with Crippen molar-refractivity contribution in [2.75, 3.05) is 5.32 Å². The van der Waals surface area contributed by atoms with Gasteiger partial charge in [-0.3, -0.25) is 9.78 Å². The number of anilines is 2. The number of alkyl halides is 3. The van der Waals surface area contributed by atoms with Crippen molar-refractivity contribution in [3.8, 4) is 17.0 Å². The number of aromatic nitrogens is 2. The Morgan fingerprint density at radius 2 is 1.81 bits per heavy atom. The third-order valence-electron chi connectivity index (χ3n) is 3.41. The largest absolute Gasteiger partial charge is 0.573 e. The molecule has 1 aromatic heterocycles. The Hall–Kier alpha value is -3.29. The minimum absolute atomic E-state index is 0.179. The van der Waals surface area contributed by atoms with E-state index in [9.17, 15) is 18.0 Å². The van der Waals surface area contributed by atoms with Gasteiger partial charge in [0.25, 0.3) is 5.56 Å². The van der Waals surface area contributed by atoms with Crippen molar-refractivity contribution in [2.24, 2.45) is 0 Å². The van der Waals surface area contributed by atoms with Gasteiger partial charge in [0.15, 0.2) is 0 Å². The van der Waals surface area contributed by atoms with Crippen LogP contribution in [0.25, 0.3) is 11.3 Å². The molecule has 2 aromatic carbocycles. The first-order chi connectivity index (χ1) is 12.3. The molecular weight excluding hydrogens is 347 g/mol. The SMILES string of the molecule is Cc1cccc(-c2cc(=O)[nH]c(Nc3ccc(OC(F)(F)F)cc3)n2)c1. The maximum Gasteiger partial charge on any atom is 0.573 e. The first kappa shape index (κ1) is 17.5. The van der Waals surface area contributed by atoms with E-state index in [0.717, 1.165) is 11.1 Å². The third-order valence-corrected chi connectivity index (χ3v) is 3.41. The van der Waals surface area contributed by atoms with Gasteiger partial charge in [0.1, 0.15) is 5.75 Å².